The van der Waals surface area contributed by atoms with E-state index in [4.69, 9.17) is 10.5 Å². The van der Waals surface area contributed by atoms with Gasteiger partial charge in [0.15, 0.2) is 0 Å². The average molecular weight is 524 g/mol. The number of nitrogens with one attached hydrogen (secondary N) is 1. The van der Waals surface area contributed by atoms with Crippen LogP contribution in [0.2, 0.25) is 0 Å². The Morgan fingerprint density at radius 3 is 2.62 bits per heavy atom. The van der Waals surface area contributed by atoms with E-state index < -0.39 is 21.9 Å². The molecule has 3 aromatic rings. The number of carboxylic acid groups (broad SMARTS) is 1. The summed E-state index contributed by atoms with van der Waals surface area (Å²) in [6.45, 7) is 6.00. The van der Waals surface area contributed by atoms with Gasteiger partial charge in [-0.3, -0.25) is 4.79 Å². The van der Waals surface area contributed by atoms with Gasteiger partial charge in [-0.15, -0.1) is 0 Å². The maximum Gasteiger partial charge on any atom is 0.304 e. The molecule has 0 aliphatic carbocycles. The molecular weight excluding hydrogens is 490 g/mol. The van der Waals surface area contributed by atoms with Crippen molar-refractivity contribution in [3.63, 3.8) is 0 Å². The molecule has 2 atom stereocenters. The smallest absolute Gasteiger partial charge is 0.304 e. The first kappa shape index (κ1) is 26.5. The number of para-hydroxylation sites is 1. The van der Waals surface area contributed by atoms with E-state index in [2.05, 4.69) is 5.32 Å². The summed E-state index contributed by atoms with van der Waals surface area (Å²) in [7, 11) is -2.02. The molecule has 2 unspecified atom stereocenters. The first-order valence-corrected chi connectivity index (χ1v) is 13.6. The lowest BCUT2D eigenvalue weighted by molar-refractivity contribution is -0.137. The van der Waals surface area contributed by atoms with Gasteiger partial charge in [0, 0.05) is 19.5 Å². The van der Waals surface area contributed by atoms with Crippen LogP contribution < -0.4 is 15.8 Å². The normalized spacial score (nSPS) is 17.8. The largest absolute Gasteiger partial charge is 0.488 e. The minimum Gasteiger partial charge on any atom is -0.488 e. The first-order chi connectivity index (χ1) is 17.5. The van der Waals surface area contributed by atoms with Crippen molar-refractivity contribution < 1.29 is 23.1 Å². The zero-order valence-electron chi connectivity index (χ0n) is 21.5. The SMILES string of the molecule is CNc1ccc(C(CC(=O)O)c2ccc(C)c(CN3CC(C)Oc4ccccc4S3(=O)=O)c2)c(C)c1N. The molecule has 4 N–H and O–H groups in total. The Morgan fingerprint density at radius 1 is 1.19 bits per heavy atom. The van der Waals surface area contributed by atoms with Gasteiger partial charge in [-0.1, -0.05) is 36.4 Å². The van der Waals surface area contributed by atoms with Crippen LogP contribution in [-0.4, -0.2) is 43.5 Å². The van der Waals surface area contributed by atoms with E-state index in [0.717, 1.165) is 33.5 Å². The van der Waals surface area contributed by atoms with Gasteiger partial charge in [-0.05, 0) is 66.8 Å². The number of anilines is 2. The highest BCUT2D eigenvalue weighted by Crippen LogP contribution is 2.37. The van der Waals surface area contributed by atoms with Gasteiger partial charge in [0.25, 0.3) is 0 Å². The van der Waals surface area contributed by atoms with Gasteiger partial charge in [-0.2, -0.15) is 4.31 Å². The number of carbonyl (C=O) groups is 1. The maximum atomic E-state index is 13.6. The Kier molecular flexibility index (Phi) is 7.47. The van der Waals surface area contributed by atoms with Crippen molar-refractivity contribution in [3.05, 3.63) is 82.4 Å². The Labute approximate surface area is 218 Å². The summed E-state index contributed by atoms with van der Waals surface area (Å²) in [5.41, 5.74) is 11.8. The lowest BCUT2D eigenvalue weighted by Crippen LogP contribution is -2.35. The molecule has 37 heavy (non-hydrogen) atoms. The summed E-state index contributed by atoms with van der Waals surface area (Å²) in [5.74, 6) is -1.03. The quantitative estimate of drug-likeness (QED) is 0.390. The summed E-state index contributed by atoms with van der Waals surface area (Å²) in [6.07, 6.45) is -0.458. The van der Waals surface area contributed by atoms with Crippen molar-refractivity contribution in [2.75, 3.05) is 24.6 Å². The third-order valence-electron chi connectivity index (χ3n) is 6.96. The minimum absolute atomic E-state index is 0.123. The number of nitrogens with two attached hydrogens (primary N) is 1. The Morgan fingerprint density at radius 2 is 1.92 bits per heavy atom. The van der Waals surface area contributed by atoms with Gasteiger partial charge >= 0.3 is 5.97 Å². The number of sulfonamides is 1. The second-order valence-corrected chi connectivity index (χ2v) is 11.4. The van der Waals surface area contributed by atoms with Crippen LogP contribution in [0.3, 0.4) is 0 Å². The summed E-state index contributed by atoms with van der Waals surface area (Å²) in [5, 5.41) is 12.8. The van der Waals surface area contributed by atoms with Crippen LogP contribution in [0.25, 0.3) is 0 Å². The highest BCUT2D eigenvalue weighted by molar-refractivity contribution is 7.89. The second-order valence-electron chi connectivity index (χ2n) is 9.50. The van der Waals surface area contributed by atoms with Crippen molar-refractivity contribution >= 4 is 27.4 Å². The molecule has 0 saturated carbocycles. The molecule has 0 saturated heterocycles. The number of fused-ring (bicyclic) bond motifs is 1. The van der Waals surface area contributed by atoms with E-state index >= 15 is 0 Å². The van der Waals surface area contributed by atoms with E-state index in [9.17, 15) is 18.3 Å². The standard InChI is InChI=1S/C28H33N3O5S/c1-17-9-10-20(23(14-27(32)33)22-11-12-24(30-4)28(29)19(22)3)13-21(17)16-31-15-18(2)36-25-7-5-6-8-26(25)37(31,34)35/h5-13,18,23,30H,14-16,29H2,1-4H3,(H,32,33). The van der Waals surface area contributed by atoms with Gasteiger partial charge < -0.3 is 20.9 Å². The van der Waals surface area contributed by atoms with E-state index in [1.165, 1.54) is 4.31 Å². The second kappa shape index (κ2) is 10.4. The number of benzene rings is 3. The van der Waals surface area contributed by atoms with Crippen molar-refractivity contribution in [3.8, 4) is 5.75 Å². The van der Waals surface area contributed by atoms with Crippen LogP contribution in [0.4, 0.5) is 11.4 Å². The topological polar surface area (TPSA) is 122 Å². The van der Waals surface area contributed by atoms with Crippen LogP contribution >= 0.6 is 0 Å². The number of carboxylic acids is 1. The van der Waals surface area contributed by atoms with E-state index in [1.807, 2.05) is 51.1 Å². The van der Waals surface area contributed by atoms with E-state index in [1.54, 1.807) is 31.3 Å². The van der Waals surface area contributed by atoms with Gasteiger partial charge in [0.2, 0.25) is 10.0 Å². The Bertz CT molecular complexity index is 1440. The number of hydrogen-bond donors (Lipinski definition) is 3. The fourth-order valence-electron chi connectivity index (χ4n) is 4.88. The fraction of sp³-hybridized carbons (Fsp3) is 0.321. The molecule has 1 heterocycles. The predicted molar refractivity (Wildman–Crippen MR) is 145 cm³/mol. The van der Waals surface area contributed by atoms with Crippen LogP contribution in [0.15, 0.2) is 59.5 Å². The zero-order valence-corrected chi connectivity index (χ0v) is 22.3. The molecule has 3 aromatic carbocycles. The Hall–Kier alpha value is -3.56. The van der Waals surface area contributed by atoms with Gasteiger partial charge in [0.05, 0.1) is 24.3 Å². The number of nitrogen functional groups attached to an aromatic ring is 1. The molecule has 0 fully saturated rings. The summed E-state index contributed by atoms with van der Waals surface area (Å²) in [4.78, 5) is 12.0. The third-order valence-corrected chi connectivity index (χ3v) is 8.81. The van der Waals surface area contributed by atoms with Gasteiger partial charge in [-0.25, -0.2) is 8.42 Å². The summed E-state index contributed by atoms with van der Waals surface area (Å²) >= 11 is 0. The number of aliphatic carboxylic acids is 1. The molecular formula is C28H33N3O5S. The molecule has 0 bridgehead atoms. The average Bonchev–Trinajstić information content (AvgIpc) is 2.94. The number of nitrogens with zero attached hydrogens (tertiary/aromatic N) is 1. The highest BCUT2D eigenvalue weighted by Gasteiger charge is 2.33. The summed E-state index contributed by atoms with van der Waals surface area (Å²) in [6, 6.07) is 16.2. The molecule has 0 spiro atoms. The number of hydrogen-bond acceptors (Lipinski definition) is 6. The van der Waals surface area contributed by atoms with Crippen molar-refractivity contribution in [1.29, 1.82) is 0 Å². The number of ether oxygens (including phenoxy) is 1. The molecule has 0 radical (unpaired) electrons. The van der Waals surface area contributed by atoms with Crippen LogP contribution in [0.1, 0.15) is 47.1 Å². The molecule has 0 amide bonds. The van der Waals surface area contributed by atoms with E-state index in [0.29, 0.717) is 11.4 Å². The fourth-order valence-corrected chi connectivity index (χ4v) is 6.49. The number of rotatable bonds is 7. The first-order valence-electron chi connectivity index (χ1n) is 12.2. The zero-order chi connectivity index (χ0) is 26.9. The number of aryl methyl sites for hydroxylation is 1. The van der Waals surface area contributed by atoms with Crippen LogP contribution in [0, 0.1) is 13.8 Å². The molecule has 1 aliphatic heterocycles. The molecule has 1 aliphatic rings. The van der Waals surface area contributed by atoms with Crippen molar-refractivity contribution in [2.24, 2.45) is 0 Å². The van der Waals surface area contributed by atoms with Crippen LogP contribution in [0.5, 0.6) is 5.75 Å². The predicted octanol–water partition coefficient (Wildman–Crippen LogP) is 4.51. The van der Waals surface area contributed by atoms with Crippen LogP contribution in [-0.2, 0) is 21.4 Å². The minimum atomic E-state index is -3.80. The molecule has 4 rings (SSSR count). The monoisotopic (exact) mass is 523 g/mol. The van der Waals surface area contributed by atoms with Crippen molar-refractivity contribution in [2.45, 2.75) is 50.7 Å². The highest BCUT2D eigenvalue weighted by atomic mass is 32.2. The van der Waals surface area contributed by atoms with Crippen molar-refractivity contribution in [1.82, 2.24) is 4.31 Å². The Balaban J connectivity index is 1.75. The molecule has 8 nitrogen and oxygen atoms in total. The molecule has 196 valence electrons. The third kappa shape index (κ3) is 5.28. The maximum absolute atomic E-state index is 13.6. The lowest BCUT2D eigenvalue weighted by atomic mass is 9.84. The van der Waals surface area contributed by atoms with E-state index in [-0.39, 0.29) is 30.5 Å². The summed E-state index contributed by atoms with van der Waals surface area (Å²) < 4.78 is 34.5. The molecule has 9 heteroatoms. The van der Waals surface area contributed by atoms with Gasteiger partial charge in [0.1, 0.15) is 16.7 Å². The lowest BCUT2D eigenvalue weighted by Gasteiger charge is -2.25. The molecule has 0 aromatic heterocycles.